The first-order valence-corrected chi connectivity index (χ1v) is 9.61. The van der Waals surface area contributed by atoms with Crippen molar-refractivity contribution in [2.24, 2.45) is 0 Å². The van der Waals surface area contributed by atoms with E-state index in [1.165, 1.54) is 13.2 Å². The molecule has 2 N–H and O–H groups in total. The van der Waals surface area contributed by atoms with Gasteiger partial charge in [0.1, 0.15) is 16.9 Å². The molecule has 0 spiro atoms. The summed E-state index contributed by atoms with van der Waals surface area (Å²) in [4.78, 5) is 40.7. The van der Waals surface area contributed by atoms with Crippen molar-refractivity contribution in [1.29, 1.82) is 0 Å². The fraction of sp³-hybridized carbons (Fsp3) is 0.476. The number of nitrogens with one attached hydrogen (secondary N) is 2. The van der Waals surface area contributed by atoms with Crippen LogP contribution >= 0.6 is 0 Å². The zero-order chi connectivity index (χ0) is 20.1. The van der Waals surface area contributed by atoms with Crippen LogP contribution in [0, 0.1) is 0 Å². The third-order valence-corrected chi connectivity index (χ3v) is 5.43. The first kappa shape index (κ1) is 19.9. The van der Waals surface area contributed by atoms with Gasteiger partial charge in [-0.15, -0.1) is 0 Å². The number of methoxy groups -OCH3 is 2. The summed E-state index contributed by atoms with van der Waals surface area (Å²) in [6, 6.07) is 6.76. The number of carbonyl (C=O) groups is 2. The lowest BCUT2D eigenvalue weighted by atomic mass is 9.83. The summed E-state index contributed by atoms with van der Waals surface area (Å²) < 4.78 is 10.2. The van der Waals surface area contributed by atoms with Crippen LogP contribution in [-0.2, 0) is 9.53 Å². The number of carbonyl (C=O) groups excluding carboxylic acids is 2. The summed E-state index contributed by atoms with van der Waals surface area (Å²) in [6.45, 7) is 0. The van der Waals surface area contributed by atoms with Gasteiger partial charge in [-0.3, -0.25) is 9.59 Å². The molecule has 0 unspecified atom stereocenters. The first-order valence-electron chi connectivity index (χ1n) is 9.61. The third kappa shape index (κ3) is 4.03. The number of hydrogen-bond donors (Lipinski definition) is 2. The largest absolute Gasteiger partial charge is 0.497 e. The second kappa shape index (κ2) is 8.46. The summed E-state index contributed by atoms with van der Waals surface area (Å²) in [7, 11) is 2.87. The molecule has 7 heteroatoms. The highest BCUT2D eigenvalue weighted by molar-refractivity contribution is 6.00. The van der Waals surface area contributed by atoms with Crippen LogP contribution in [-0.4, -0.2) is 36.6 Å². The minimum absolute atomic E-state index is 0.0250. The molecular formula is C21H26N2O5. The Morgan fingerprint density at radius 1 is 1.04 bits per heavy atom. The average molecular weight is 386 g/mol. The lowest BCUT2D eigenvalue weighted by Crippen LogP contribution is -2.56. The highest BCUT2D eigenvalue weighted by atomic mass is 16.5. The Balaban J connectivity index is 1.94. The molecule has 1 aromatic carbocycles. The van der Waals surface area contributed by atoms with E-state index in [2.05, 4.69) is 10.3 Å². The molecule has 0 radical (unpaired) electrons. The van der Waals surface area contributed by atoms with Crippen molar-refractivity contribution in [1.82, 2.24) is 10.3 Å². The van der Waals surface area contributed by atoms with E-state index >= 15 is 0 Å². The van der Waals surface area contributed by atoms with Gasteiger partial charge >= 0.3 is 5.97 Å². The summed E-state index contributed by atoms with van der Waals surface area (Å²) in [5.74, 6) is -0.408. The van der Waals surface area contributed by atoms with Crippen LogP contribution in [0.2, 0.25) is 0 Å². The molecule has 1 amide bonds. The van der Waals surface area contributed by atoms with Gasteiger partial charge in [-0.25, -0.2) is 4.79 Å². The number of benzene rings is 1. The van der Waals surface area contributed by atoms with E-state index < -0.39 is 23.0 Å². The fourth-order valence-electron chi connectivity index (χ4n) is 3.84. The van der Waals surface area contributed by atoms with Gasteiger partial charge in [0.05, 0.1) is 19.7 Å². The molecule has 1 heterocycles. The molecule has 0 saturated heterocycles. The van der Waals surface area contributed by atoms with Gasteiger partial charge in [0, 0.05) is 6.07 Å². The number of hydrogen-bond acceptors (Lipinski definition) is 5. The van der Waals surface area contributed by atoms with E-state index in [4.69, 9.17) is 9.47 Å². The fourth-order valence-corrected chi connectivity index (χ4v) is 3.84. The van der Waals surface area contributed by atoms with Crippen LogP contribution < -0.4 is 15.6 Å². The Morgan fingerprint density at radius 2 is 1.71 bits per heavy atom. The van der Waals surface area contributed by atoms with Crippen molar-refractivity contribution in [3.05, 3.63) is 40.2 Å². The standard InChI is InChI=1S/C21H26N2O5/c1-27-15-9-8-14-12-16(18(24)22-17(14)13-15)19(25)23-21(20(26)28-2)10-6-4-3-5-7-11-21/h8-9,12-13H,3-7,10-11H2,1-2H3,(H,22,24)(H,23,25). The monoisotopic (exact) mass is 386 g/mol. The second-order valence-electron chi connectivity index (χ2n) is 7.26. The van der Waals surface area contributed by atoms with E-state index in [0.29, 0.717) is 29.5 Å². The smallest absolute Gasteiger partial charge is 0.331 e. The van der Waals surface area contributed by atoms with E-state index in [1.807, 2.05) is 0 Å². The number of amides is 1. The van der Waals surface area contributed by atoms with E-state index in [9.17, 15) is 14.4 Å². The lowest BCUT2D eigenvalue weighted by Gasteiger charge is -2.33. The summed E-state index contributed by atoms with van der Waals surface area (Å²) in [5.41, 5.74) is -1.05. The van der Waals surface area contributed by atoms with Crippen LogP contribution in [0.1, 0.15) is 55.3 Å². The van der Waals surface area contributed by atoms with Crippen molar-refractivity contribution >= 4 is 22.8 Å². The van der Waals surface area contributed by atoms with Gasteiger partial charge in [0.15, 0.2) is 0 Å². The van der Waals surface area contributed by atoms with E-state index in [1.54, 1.807) is 25.3 Å². The molecular weight excluding hydrogens is 360 g/mol. The van der Waals surface area contributed by atoms with E-state index in [-0.39, 0.29) is 5.56 Å². The Labute approximate surface area is 163 Å². The second-order valence-corrected chi connectivity index (χ2v) is 7.26. The number of esters is 1. The van der Waals surface area contributed by atoms with Crippen molar-refractivity contribution in [2.75, 3.05) is 14.2 Å². The molecule has 1 aliphatic rings. The predicted molar refractivity (Wildman–Crippen MR) is 106 cm³/mol. The minimum Gasteiger partial charge on any atom is -0.497 e. The maximum absolute atomic E-state index is 13.0. The molecule has 3 rings (SSSR count). The highest BCUT2D eigenvalue weighted by Gasteiger charge is 2.41. The normalized spacial score (nSPS) is 16.6. The SMILES string of the molecule is COC(=O)C1(NC(=O)c2cc3ccc(OC)cc3[nH]c2=O)CCCCCCC1. The van der Waals surface area contributed by atoms with Crippen molar-refractivity contribution in [2.45, 2.75) is 50.5 Å². The first-order chi connectivity index (χ1) is 13.5. The van der Waals surface area contributed by atoms with Crippen LogP contribution in [0.25, 0.3) is 10.9 Å². The van der Waals surface area contributed by atoms with Crippen molar-refractivity contribution < 1.29 is 19.1 Å². The molecule has 28 heavy (non-hydrogen) atoms. The predicted octanol–water partition coefficient (Wildman–Crippen LogP) is 2.92. The average Bonchev–Trinajstić information content (AvgIpc) is 2.68. The number of ether oxygens (including phenoxy) is 2. The molecule has 1 aromatic heterocycles. The minimum atomic E-state index is -1.09. The maximum atomic E-state index is 13.0. The van der Waals surface area contributed by atoms with Crippen molar-refractivity contribution in [3.8, 4) is 5.75 Å². The molecule has 0 aliphatic heterocycles. The Morgan fingerprint density at radius 3 is 2.36 bits per heavy atom. The van der Waals surface area contributed by atoms with Crippen LogP contribution in [0.5, 0.6) is 5.75 Å². The van der Waals surface area contributed by atoms with Gasteiger partial charge in [-0.1, -0.05) is 32.1 Å². The molecule has 1 saturated carbocycles. The topological polar surface area (TPSA) is 97.5 Å². The van der Waals surface area contributed by atoms with Gasteiger partial charge in [0.25, 0.3) is 11.5 Å². The lowest BCUT2D eigenvalue weighted by molar-refractivity contribution is -0.149. The number of H-pyrrole nitrogens is 1. The van der Waals surface area contributed by atoms with Gasteiger partial charge in [-0.2, -0.15) is 0 Å². The summed E-state index contributed by atoms with van der Waals surface area (Å²) in [5, 5.41) is 3.54. The number of aromatic nitrogens is 1. The molecule has 2 aromatic rings. The zero-order valence-corrected chi connectivity index (χ0v) is 16.3. The highest BCUT2D eigenvalue weighted by Crippen LogP contribution is 2.28. The van der Waals surface area contributed by atoms with E-state index in [0.717, 1.165) is 32.1 Å². The molecule has 150 valence electrons. The maximum Gasteiger partial charge on any atom is 0.331 e. The molecule has 1 fully saturated rings. The number of fused-ring (bicyclic) bond motifs is 1. The van der Waals surface area contributed by atoms with Gasteiger partial charge in [-0.05, 0) is 36.4 Å². The molecule has 1 aliphatic carbocycles. The quantitative estimate of drug-likeness (QED) is 0.788. The number of aromatic amines is 1. The molecule has 7 nitrogen and oxygen atoms in total. The number of rotatable bonds is 4. The molecule has 0 bridgehead atoms. The zero-order valence-electron chi connectivity index (χ0n) is 16.3. The summed E-state index contributed by atoms with van der Waals surface area (Å²) in [6.07, 6.45) is 5.80. The third-order valence-electron chi connectivity index (χ3n) is 5.43. The van der Waals surface area contributed by atoms with Gasteiger partial charge in [0.2, 0.25) is 0 Å². The van der Waals surface area contributed by atoms with Crippen LogP contribution in [0.15, 0.2) is 29.1 Å². The Kier molecular flexibility index (Phi) is 6.02. The Hall–Kier alpha value is -2.83. The van der Waals surface area contributed by atoms with Crippen LogP contribution in [0.4, 0.5) is 0 Å². The van der Waals surface area contributed by atoms with Gasteiger partial charge < -0.3 is 19.8 Å². The number of pyridine rings is 1. The van der Waals surface area contributed by atoms with Crippen molar-refractivity contribution in [3.63, 3.8) is 0 Å². The van der Waals surface area contributed by atoms with Crippen LogP contribution in [0.3, 0.4) is 0 Å². The molecule has 0 atom stereocenters. The summed E-state index contributed by atoms with van der Waals surface area (Å²) >= 11 is 0. The Bertz CT molecular complexity index is 926.